The Morgan fingerprint density at radius 3 is 2.71 bits per heavy atom. The lowest BCUT2D eigenvalue weighted by molar-refractivity contribution is 1.11. The molecule has 0 unspecified atom stereocenters. The van der Waals surface area contributed by atoms with Crippen molar-refractivity contribution in [1.29, 1.82) is 0 Å². The Hall–Kier alpha value is -1.86. The summed E-state index contributed by atoms with van der Waals surface area (Å²) in [7, 11) is 0. The molecule has 0 aliphatic heterocycles. The summed E-state index contributed by atoms with van der Waals surface area (Å²) in [5.41, 5.74) is 2.50. The molecular weight excluding hydrogens is 278 g/mol. The molecule has 0 aliphatic rings. The Labute approximate surface area is 107 Å². The second-order valence-electron chi connectivity index (χ2n) is 3.85. The highest BCUT2D eigenvalue weighted by Crippen LogP contribution is 2.33. The van der Waals surface area contributed by atoms with Crippen LogP contribution in [0.4, 0.5) is 5.69 Å². The fraction of sp³-hybridized carbons (Fsp3) is 0.0769. The Morgan fingerprint density at radius 2 is 2.00 bits per heavy atom. The monoisotopic (exact) mass is 285 g/mol. The minimum Gasteiger partial charge on any atom is -0.313 e. The van der Waals surface area contributed by atoms with Gasteiger partial charge in [0.15, 0.2) is 0 Å². The molecule has 1 aromatic carbocycles. The molecule has 0 saturated heterocycles. The predicted molar refractivity (Wildman–Crippen MR) is 71.4 cm³/mol. The zero-order chi connectivity index (χ0) is 12.0. The molecule has 3 nitrogen and oxygen atoms in total. The second-order valence-corrected chi connectivity index (χ2v) is 4.66. The van der Waals surface area contributed by atoms with Crippen molar-refractivity contribution >= 4 is 38.0 Å². The van der Waals surface area contributed by atoms with E-state index in [9.17, 15) is 0 Å². The summed E-state index contributed by atoms with van der Waals surface area (Å²) in [5.74, 6) is 0. The van der Waals surface area contributed by atoms with Gasteiger partial charge in [-0.05, 0) is 28.2 Å². The first-order chi connectivity index (χ1) is 8.22. The Kier molecular flexibility index (Phi) is 2.17. The van der Waals surface area contributed by atoms with Gasteiger partial charge in [-0.25, -0.2) is 9.83 Å². The van der Waals surface area contributed by atoms with Gasteiger partial charge in [-0.1, -0.05) is 24.3 Å². The number of hydrogen-bond donors (Lipinski definition) is 0. The van der Waals surface area contributed by atoms with E-state index in [0.29, 0.717) is 5.69 Å². The van der Waals surface area contributed by atoms with E-state index in [1.807, 2.05) is 41.8 Å². The van der Waals surface area contributed by atoms with Crippen molar-refractivity contribution in [3.05, 3.63) is 52.2 Å². The van der Waals surface area contributed by atoms with Gasteiger partial charge in [0.1, 0.15) is 10.3 Å². The van der Waals surface area contributed by atoms with Gasteiger partial charge in [0.05, 0.1) is 6.57 Å². The molecule has 2 aromatic heterocycles. The highest BCUT2D eigenvalue weighted by Gasteiger charge is 2.12. The van der Waals surface area contributed by atoms with Crippen LogP contribution >= 0.6 is 15.9 Å². The molecule has 2 heterocycles. The van der Waals surface area contributed by atoms with Gasteiger partial charge < -0.3 is 4.40 Å². The van der Waals surface area contributed by atoms with Crippen molar-refractivity contribution < 1.29 is 0 Å². The predicted octanol–water partition coefficient (Wildman–Crippen LogP) is 4.11. The Bertz CT molecular complexity index is 781. The average molecular weight is 286 g/mol. The van der Waals surface area contributed by atoms with E-state index in [1.165, 1.54) is 0 Å². The zero-order valence-electron chi connectivity index (χ0n) is 9.11. The number of pyridine rings is 1. The van der Waals surface area contributed by atoms with Gasteiger partial charge in [0, 0.05) is 17.3 Å². The molecule has 17 heavy (non-hydrogen) atoms. The van der Waals surface area contributed by atoms with E-state index in [4.69, 9.17) is 6.57 Å². The van der Waals surface area contributed by atoms with E-state index in [-0.39, 0.29) is 0 Å². The van der Waals surface area contributed by atoms with Crippen LogP contribution in [-0.2, 0) is 0 Å². The molecule has 0 saturated carbocycles. The van der Waals surface area contributed by atoms with Crippen LogP contribution < -0.4 is 0 Å². The molecule has 0 amide bonds. The van der Waals surface area contributed by atoms with Gasteiger partial charge in [-0.2, -0.15) is 0 Å². The first-order valence-corrected chi connectivity index (χ1v) is 5.95. The summed E-state index contributed by atoms with van der Waals surface area (Å²) >= 11 is 3.38. The molecule has 0 fully saturated rings. The third-order valence-electron chi connectivity index (χ3n) is 2.92. The normalized spacial score (nSPS) is 10.9. The number of hydrogen-bond acceptors (Lipinski definition) is 1. The van der Waals surface area contributed by atoms with Crippen LogP contribution in [0, 0.1) is 13.5 Å². The summed E-state index contributed by atoms with van der Waals surface area (Å²) in [4.78, 5) is 8.10. The number of fused-ring (bicyclic) bond motifs is 3. The van der Waals surface area contributed by atoms with Gasteiger partial charge in [0.2, 0.25) is 5.69 Å². The van der Waals surface area contributed by atoms with Gasteiger partial charge >= 0.3 is 0 Å². The molecule has 82 valence electrons. The molecule has 3 rings (SSSR count). The standard InChI is InChI=1S/C13H8BrN3/c1-8-12(15-2)9-5-3-4-6-10(9)13-16-11(14)7-17(8)13/h3-7H,1H3. The van der Waals surface area contributed by atoms with Crippen LogP contribution in [0.15, 0.2) is 35.1 Å². The minimum absolute atomic E-state index is 0.693. The van der Waals surface area contributed by atoms with E-state index in [1.54, 1.807) is 0 Å². The van der Waals surface area contributed by atoms with E-state index in [2.05, 4.69) is 25.8 Å². The lowest BCUT2D eigenvalue weighted by Gasteiger charge is -2.07. The average Bonchev–Trinajstić information content (AvgIpc) is 2.72. The smallest absolute Gasteiger partial charge is 0.214 e. The molecular formula is C13H8BrN3. The fourth-order valence-electron chi connectivity index (χ4n) is 2.13. The number of benzene rings is 1. The maximum Gasteiger partial charge on any atom is 0.214 e. The molecule has 4 heteroatoms. The summed E-state index contributed by atoms with van der Waals surface area (Å²) in [6.45, 7) is 9.27. The number of rotatable bonds is 0. The van der Waals surface area contributed by atoms with Crippen molar-refractivity contribution in [2.24, 2.45) is 0 Å². The van der Waals surface area contributed by atoms with Crippen LogP contribution in [-0.4, -0.2) is 9.38 Å². The Balaban J connectivity index is 2.69. The number of nitrogens with zero attached hydrogens (tertiary/aromatic N) is 3. The quantitative estimate of drug-likeness (QED) is 0.570. The number of imidazole rings is 1. The van der Waals surface area contributed by atoms with E-state index in [0.717, 1.165) is 26.7 Å². The van der Waals surface area contributed by atoms with E-state index < -0.39 is 0 Å². The summed E-state index contributed by atoms with van der Waals surface area (Å²) in [5, 5.41) is 1.97. The molecule has 0 aliphatic carbocycles. The van der Waals surface area contributed by atoms with Crippen molar-refractivity contribution in [2.45, 2.75) is 6.92 Å². The van der Waals surface area contributed by atoms with Crippen LogP contribution in [0.3, 0.4) is 0 Å². The van der Waals surface area contributed by atoms with Gasteiger partial charge in [0.25, 0.3) is 0 Å². The van der Waals surface area contributed by atoms with Gasteiger partial charge in [-0.3, -0.25) is 0 Å². The lowest BCUT2D eigenvalue weighted by Crippen LogP contribution is -1.91. The van der Waals surface area contributed by atoms with Gasteiger partial charge in [-0.15, -0.1) is 0 Å². The topological polar surface area (TPSA) is 21.7 Å². The lowest BCUT2D eigenvalue weighted by atomic mass is 10.1. The van der Waals surface area contributed by atoms with E-state index >= 15 is 0 Å². The third-order valence-corrected chi connectivity index (χ3v) is 3.30. The molecule has 3 aromatic rings. The maximum absolute atomic E-state index is 7.33. The number of halogens is 1. The van der Waals surface area contributed by atoms with Crippen LogP contribution in [0.5, 0.6) is 0 Å². The molecule has 0 atom stereocenters. The number of aromatic nitrogens is 2. The highest BCUT2D eigenvalue weighted by molar-refractivity contribution is 9.10. The molecule has 0 bridgehead atoms. The van der Waals surface area contributed by atoms with Crippen LogP contribution in [0.2, 0.25) is 0 Å². The fourth-order valence-corrected chi connectivity index (χ4v) is 2.50. The molecule has 0 radical (unpaired) electrons. The summed E-state index contributed by atoms with van der Waals surface area (Å²) in [6, 6.07) is 7.88. The van der Waals surface area contributed by atoms with Crippen LogP contribution in [0.1, 0.15) is 5.69 Å². The first-order valence-electron chi connectivity index (χ1n) is 5.15. The van der Waals surface area contributed by atoms with Crippen molar-refractivity contribution in [3.8, 4) is 0 Å². The third kappa shape index (κ3) is 1.36. The summed E-state index contributed by atoms with van der Waals surface area (Å²) < 4.78 is 2.74. The first kappa shape index (κ1) is 10.3. The van der Waals surface area contributed by atoms with Crippen molar-refractivity contribution in [2.75, 3.05) is 0 Å². The SMILES string of the molecule is [C-]#[N+]c1c(C)n2cc(Br)nc2c2ccccc12. The zero-order valence-corrected chi connectivity index (χ0v) is 10.7. The Morgan fingerprint density at radius 1 is 1.29 bits per heavy atom. The second kappa shape index (κ2) is 3.57. The van der Waals surface area contributed by atoms with Crippen molar-refractivity contribution in [1.82, 2.24) is 9.38 Å². The molecule has 0 N–H and O–H groups in total. The van der Waals surface area contributed by atoms with Crippen LogP contribution in [0.25, 0.3) is 21.3 Å². The maximum atomic E-state index is 7.33. The minimum atomic E-state index is 0.693. The molecule has 0 spiro atoms. The van der Waals surface area contributed by atoms with Crippen molar-refractivity contribution in [3.63, 3.8) is 0 Å². The highest BCUT2D eigenvalue weighted by atomic mass is 79.9. The summed E-state index contributed by atoms with van der Waals surface area (Å²) in [6.07, 6.45) is 1.89. The number of aryl methyl sites for hydroxylation is 1. The largest absolute Gasteiger partial charge is 0.313 e.